The molecule has 0 unspecified atom stereocenters. The monoisotopic (exact) mass is 375 g/mol. The summed E-state index contributed by atoms with van der Waals surface area (Å²) in [4.78, 5) is 21.5. The van der Waals surface area contributed by atoms with Gasteiger partial charge < -0.3 is 14.5 Å². The van der Waals surface area contributed by atoms with Crippen LogP contribution < -0.4 is 9.64 Å². The zero-order valence-electron chi connectivity index (χ0n) is 16.4. The average molecular weight is 375 g/mol. The van der Waals surface area contributed by atoms with Crippen LogP contribution in [0.3, 0.4) is 0 Å². The Morgan fingerprint density at radius 1 is 1.00 bits per heavy atom. The van der Waals surface area contributed by atoms with Crippen molar-refractivity contribution in [2.45, 2.75) is 13.8 Å². The van der Waals surface area contributed by atoms with Gasteiger partial charge in [0, 0.05) is 31.6 Å². The Morgan fingerprint density at radius 2 is 1.71 bits per heavy atom. The summed E-state index contributed by atoms with van der Waals surface area (Å²) in [6, 6.07) is 18.1. The van der Waals surface area contributed by atoms with Gasteiger partial charge in [-0.25, -0.2) is 4.98 Å². The first kappa shape index (κ1) is 18.3. The standard InChI is InChI=1S/C23H25N3O2/c1-17-7-9-20(10-8-17)28-16-22(27)25-11-13-26(14-12-25)23-18(2)15-19-5-3-4-6-21(19)24-23/h3-10,15H,11-14,16H2,1-2H3. The normalized spacial score (nSPS) is 14.4. The van der Waals surface area contributed by atoms with Gasteiger partial charge in [0.05, 0.1) is 5.52 Å². The maximum Gasteiger partial charge on any atom is 0.260 e. The lowest BCUT2D eigenvalue weighted by molar-refractivity contribution is -0.133. The number of carbonyl (C=O) groups is 1. The highest BCUT2D eigenvalue weighted by Gasteiger charge is 2.23. The number of aryl methyl sites for hydroxylation is 2. The van der Waals surface area contributed by atoms with E-state index in [4.69, 9.17) is 9.72 Å². The largest absolute Gasteiger partial charge is 0.484 e. The van der Waals surface area contributed by atoms with Gasteiger partial charge in [-0.1, -0.05) is 35.9 Å². The number of carbonyl (C=O) groups excluding carboxylic acids is 1. The summed E-state index contributed by atoms with van der Waals surface area (Å²) < 4.78 is 5.64. The van der Waals surface area contributed by atoms with Crippen molar-refractivity contribution >= 4 is 22.6 Å². The number of piperazine rings is 1. The number of hydrogen-bond acceptors (Lipinski definition) is 4. The number of benzene rings is 2. The maximum atomic E-state index is 12.5. The summed E-state index contributed by atoms with van der Waals surface area (Å²) in [7, 11) is 0. The van der Waals surface area contributed by atoms with E-state index >= 15 is 0 Å². The molecule has 0 saturated carbocycles. The molecule has 0 atom stereocenters. The third-order valence-electron chi connectivity index (χ3n) is 5.20. The molecule has 3 aromatic rings. The Hall–Kier alpha value is -3.08. The van der Waals surface area contributed by atoms with Gasteiger partial charge in [-0.15, -0.1) is 0 Å². The predicted octanol–water partition coefficient (Wildman–Crippen LogP) is 3.58. The van der Waals surface area contributed by atoms with E-state index in [1.165, 1.54) is 11.1 Å². The Labute approximate surface area is 165 Å². The van der Waals surface area contributed by atoms with Gasteiger partial charge in [-0.2, -0.15) is 0 Å². The Kier molecular flexibility index (Phi) is 5.15. The fourth-order valence-corrected chi connectivity index (χ4v) is 3.57. The number of rotatable bonds is 4. The molecule has 1 aliphatic heterocycles. The van der Waals surface area contributed by atoms with E-state index in [2.05, 4.69) is 24.0 Å². The van der Waals surface area contributed by atoms with Crippen LogP contribution in [-0.4, -0.2) is 48.6 Å². The fourth-order valence-electron chi connectivity index (χ4n) is 3.57. The van der Waals surface area contributed by atoms with E-state index in [1.54, 1.807) is 0 Å². The zero-order valence-corrected chi connectivity index (χ0v) is 16.4. The number of hydrogen-bond donors (Lipinski definition) is 0. The molecule has 0 spiro atoms. The molecule has 0 bridgehead atoms. The first-order chi connectivity index (χ1) is 13.6. The van der Waals surface area contributed by atoms with E-state index in [0.717, 1.165) is 35.6 Å². The molecule has 1 saturated heterocycles. The van der Waals surface area contributed by atoms with Crippen LogP contribution >= 0.6 is 0 Å². The first-order valence-corrected chi connectivity index (χ1v) is 9.69. The number of pyridine rings is 1. The number of nitrogens with zero attached hydrogens (tertiary/aromatic N) is 3. The SMILES string of the molecule is Cc1ccc(OCC(=O)N2CCN(c3nc4ccccc4cc3C)CC2)cc1. The van der Waals surface area contributed by atoms with E-state index < -0.39 is 0 Å². The Bertz CT molecular complexity index is 977. The molecule has 2 aromatic carbocycles. The Morgan fingerprint density at radius 3 is 2.46 bits per heavy atom. The van der Waals surface area contributed by atoms with Gasteiger partial charge >= 0.3 is 0 Å². The van der Waals surface area contributed by atoms with Crippen LogP contribution in [0.2, 0.25) is 0 Å². The molecule has 0 aliphatic carbocycles. The van der Waals surface area contributed by atoms with Crippen molar-refractivity contribution in [3.8, 4) is 5.75 Å². The number of amides is 1. The molecule has 1 aromatic heterocycles. The molecule has 2 heterocycles. The van der Waals surface area contributed by atoms with E-state index in [9.17, 15) is 4.79 Å². The molecule has 4 rings (SSSR count). The molecule has 1 fully saturated rings. The second-order valence-corrected chi connectivity index (χ2v) is 7.29. The topological polar surface area (TPSA) is 45.7 Å². The lowest BCUT2D eigenvalue weighted by atomic mass is 10.1. The molecular formula is C23H25N3O2. The van der Waals surface area contributed by atoms with Gasteiger partial charge in [-0.3, -0.25) is 4.79 Å². The van der Waals surface area contributed by atoms with Crippen LogP contribution in [-0.2, 0) is 4.79 Å². The van der Waals surface area contributed by atoms with E-state index in [1.807, 2.05) is 54.3 Å². The van der Waals surface area contributed by atoms with Gasteiger partial charge in [-0.05, 0) is 43.7 Å². The first-order valence-electron chi connectivity index (χ1n) is 9.69. The molecule has 5 nitrogen and oxygen atoms in total. The van der Waals surface area contributed by atoms with Crippen molar-refractivity contribution in [1.82, 2.24) is 9.88 Å². The number of para-hydroxylation sites is 1. The van der Waals surface area contributed by atoms with Crippen LogP contribution in [0.15, 0.2) is 54.6 Å². The summed E-state index contributed by atoms with van der Waals surface area (Å²) in [5, 5.41) is 1.16. The third-order valence-corrected chi connectivity index (χ3v) is 5.20. The minimum Gasteiger partial charge on any atom is -0.484 e. The molecule has 0 N–H and O–H groups in total. The molecular weight excluding hydrogens is 350 g/mol. The van der Waals surface area contributed by atoms with Crippen LogP contribution in [0.1, 0.15) is 11.1 Å². The van der Waals surface area contributed by atoms with E-state index in [-0.39, 0.29) is 12.5 Å². The predicted molar refractivity (Wildman–Crippen MR) is 112 cm³/mol. The Balaban J connectivity index is 1.36. The molecule has 144 valence electrons. The van der Waals surface area contributed by atoms with Crippen molar-refractivity contribution in [1.29, 1.82) is 0 Å². The van der Waals surface area contributed by atoms with Gasteiger partial charge in [0.1, 0.15) is 11.6 Å². The maximum absolute atomic E-state index is 12.5. The summed E-state index contributed by atoms with van der Waals surface area (Å²) in [5.41, 5.74) is 3.35. The number of fused-ring (bicyclic) bond motifs is 1. The third kappa shape index (κ3) is 3.93. The van der Waals surface area contributed by atoms with Crippen LogP contribution in [0.5, 0.6) is 5.75 Å². The molecule has 1 amide bonds. The van der Waals surface area contributed by atoms with Gasteiger partial charge in [0.25, 0.3) is 5.91 Å². The summed E-state index contributed by atoms with van der Waals surface area (Å²) in [5.74, 6) is 1.78. The van der Waals surface area contributed by atoms with E-state index in [0.29, 0.717) is 13.1 Å². The second-order valence-electron chi connectivity index (χ2n) is 7.29. The lowest BCUT2D eigenvalue weighted by Crippen LogP contribution is -2.50. The number of aromatic nitrogens is 1. The van der Waals surface area contributed by atoms with Crippen molar-refractivity contribution in [2.75, 3.05) is 37.7 Å². The highest BCUT2D eigenvalue weighted by Crippen LogP contribution is 2.24. The lowest BCUT2D eigenvalue weighted by Gasteiger charge is -2.36. The van der Waals surface area contributed by atoms with Crippen LogP contribution in [0.4, 0.5) is 5.82 Å². The van der Waals surface area contributed by atoms with Gasteiger partial charge in [0.15, 0.2) is 6.61 Å². The molecule has 0 radical (unpaired) electrons. The quantitative estimate of drug-likeness (QED) is 0.699. The van der Waals surface area contributed by atoms with Crippen LogP contribution in [0, 0.1) is 13.8 Å². The molecule has 1 aliphatic rings. The van der Waals surface area contributed by atoms with Crippen molar-refractivity contribution < 1.29 is 9.53 Å². The summed E-state index contributed by atoms with van der Waals surface area (Å²) in [6.07, 6.45) is 0. The highest BCUT2D eigenvalue weighted by atomic mass is 16.5. The second kappa shape index (κ2) is 7.89. The van der Waals surface area contributed by atoms with Gasteiger partial charge in [0.2, 0.25) is 0 Å². The minimum atomic E-state index is 0.0309. The van der Waals surface area contributed by atoms with Crippen molar-refractivity contribution in [2.24, 2.45) is 0 Å². The molecule has 28 heavy (non-hydrogen) atoms. The summed E-state index contributed by atoms with van der Waals surface area (Å²) in [6.45, 7) is 7.14. The minimum absolute atomic E-state index is 0.0309. The summed E-state index contributed by atoms with van der Waals surface area (Å²) >= 11 is 0. The van der Waals surface area contributed by atoms with Crippen molar-refractivity contribution in [3.63, 3.8) is 0 Å². The number of anilines is 1. The van der Waals surface area contributed by atoms with Crippen LogP contribution in [0.25, 0.3) is 10.9 Å². The zero-order chi connectivity index (χ0) is 19.5. The smallest absolute Gasteiger partial charge is 0.260 e. The molecule has 5 heteroatoms. The highest BCUT2D eigenvalue weighted by molar-refractivity contribution is 5.82. The average Bonchev–Trinajstić information content (AvgIpc) is 2.73. The fraction of sp³-hybridized carbons (Fsp3) is 0.304. The van der Waals surface area contributed by atoms with Crippen molar-refractivity contribution in [3.05, 3.63) is 65.7 Å². The number of ether oxygens (including phenoxy) is 1.